The van der Waals surface area contributed by atoms with E-state index in [0.717, 1.165) is 31.4 Å². The Hall–Kier alpha value is -2.44. The Morgan fingerprint density at radius 3 is 2.73 bits per heavy atom. The van der Waals surface area contributed by atoms with Gasteiger partial charge in [-0.15, -0.1) is 12.4 Å². The molecular weight excluding hydrogens is 355 g/mol. The predicted molar refractivity (Wildman–Crippen MR) is 103 cm³/mol. The van der Waals surface area contributed by atoms with Crippen molar-refractivity contribution >= 4 is 35.3 Å². The number of rotatable bonds is 2. The van der Waals surface area contributed by atoms with Crippen LogP contribution in [0.5, 0.6) is 0 Å². The molecule has 0 spiro atoms. The zero-order chi connectivity index (χ0) is 17.4. The number of nitrogens with one attached hydrogen (secondary N) is 2. The second-order valence-electron chi connectivity index (χ2n) is 6.32. The highest BCUT2D eigenvalue weighted by Crippen LogP contribution is 2.21. The zero-order valence-electron chi connectivity index (χ0n) is 14.4. The third-order valence-corrected chi connectivity index (χ3v) is 4.68. The molecule has 1 aliphatic heterocycles. The summed E-state index contributed by atoms with van der Waals surface area (Å²) >= 11 is 0. The van der Waals surface area contributed by atoms with Gasteiger partial charge in [0, 0.05) is 18.7 Å². The molecule has 136 valence electrons. The second-order valence-corrected chi connectivity index (χ2v) is 6.32. The number of hydrogen-bond acceptors (Lipinski definition) is 3. The third-order valence-electron chi connectivity index (χ3n) is 4.68. The fourth-order valence-corrected chi connectivity index (χ4v) is 3.27. The standard InChI is InChI=1S/C19H19FN4O.ClH/c1-24-17-5-4-15(20)11-16(17)22-19(24)23-18(25)14-3-2-12-6-8-21-9-7-13(12)10-14;/h2-5,10-11,21H,6-9H2,1H3,(H,22,23,25);1H. The summed E-state index contributed by atoms with van der Waals surface area (Å²) < 4.78 is 15.1. The Morgan fingerprint density at radius 1 is 1.15 bits per heavy atom. The molecule has 1 aromatic heterocycles. The third kappa shape index (κ3) is 3.43. The van der Waals surface area contributed by atoms with Crippen LogP contribution < -0.4 is 10.6 Å². The van der Waals surface area contributed by atoms with E-state index in [-0.39, 0.29) is 24.1 Å². The summed E-state index contributed by atoms with van der Waals surface area (Å²) in [7, 11) is 1.80. The molecular formula is C19H20ClFN4O. The van der Waals surface area contributed by atoms with Crippen molar-refractivity contribution in [3.63, 3.8) is 0 Å². The average Bonchev–Trinajstić information content (AvgIpc) is 2.77. The second kappa shape index (κ2) is 7.43. The van der Waals surface area contributed by atoms with Crippen LogP contribution >= 0.6 is 12.4 Å². The number of benzene rings is 2. The highest BCUT2D eigenvalue weighted by molar-refractivity contribution is 6.04. The van der Waals surface area contributed by atoms with E-state index in [1.807, 2.05) is 18.2 Å². The van der Waals surface area contributed by atoms with Crippen LogP contribution in [0.3, 0.4) is 0 Å². The molecule has 26 heavy (non-hydrogen) atoms. The molecule has 2 heterocycles. The van der Waals surface area contributed by atoms with Gasteiger partial charge in [0.25, 0.3) is 5.91 Å². The first kappa shape index (κ1) is 18.4. The number of anilines is 1. The van der Waals surface area contributed by atoms with E-state index in [1.165, 1.54) is 23.3 Å². The van der Waals surface area contributed by atoms with Crippen molar-refractivity contribution in [3.8, 4) is 0 Å². The topological polar surface area (TPSA) is 59.0 Å². The number of amides is 1. The summed E-state index contributed by atoms with van der Waals surface area (Å²) in [5.41, 5.74) is 4.40. The minimum atomic E-state index is -0.345. The van der Waals surface area contributed by atoms with E-state index in [1.54, 1.807) is 17.7 Å². The highest BCUT2D eigenvalue weighted by atomic mass is 35.5. The van der Waals surface area contributed by atoms with Crippen LogP contribution in [0.15, 0.2) is 36.4 Å². The van der Waals surface area contributed by atoms with Gasteiger partial charge in [-0.05, 0) is 61.3 Å². The Labute approximate surface area is 157 Å². The van der Waals surface area contributed by atoms with Crippen molar-refractivity contribution in [2.24, 2.45) is 7.05 Å². The minimum absolute atomic E-state index is 0. The highest BCUT2D eigenvalue weighted by Gasteiger charge is 2.15. The molecule has 1 amide bonds. The maximum atomic E-state index is 13.4. The molecule has 0 bridgehead atoms. The molecule has 0 saturated heterocycles. The number of aryl methyl sites for hydroxylation is 1. The van der Waals surface area contributed by atoms with E-state index in [0.29, 0.717) is 17.0 Å². The summed E-state index contributed by atoms with van der Waals surface area (Å²) in [5.74, 6) is -0.149. The van der Waals surface area contributed by atoms with E-state index >= 15 is 0 Å². The number of hydrogen-bond donors (Lipinski definition) is 2. The lowest BCUT2D eigenvalue weighted by molar-refractivity contribution is 0.102. The van der Waals surface area contributed by atoms with Crippen LogP contribution in [0.25, 0.3) is 11.0 Å². The van der Waals surface area contributed by atoms with Gasteiger partial charge in [0.2, 0.25) is 5.95 Å². The summed E-state index contributed by atoms with van der Waals surface area (Å²) in [6, 6.07) is 10.2. The number of halogens is 2. The van der Waals surface area contributed by atoms with Crippen LogP contribution in [0.4, 0.5) is 10.3 Å². The normalized spacial score (nSPS) is 13.6. The van der Waals surface area contributed by atoms with Gasteiger partial charge >= 0.3 is 0 Å². The lowest BCUT2D eigenvalue weighted by Gasteiger charge is -2.09. The molecule has 7 heteroatoms. The molecule has 0 atom stereocenters. The van der Waals surface area contributed by atoms with Gasteiger partial charge in [0.1, 0.15) is 5.82 Å². The molecule has 1 aliphatic rings. The van der Waals surface area contributed by atoms with Crippen molar-refractivity contribution in [2.75, 3.05) is 18.4 Å². The molecule has 5 nitrogen and oxygen atoms in total. The van der Waals surface area contributed by atoms with Gasteiger partial charge in [0.05, 0.1) is 11.0 Å². The van der Waals surface area contributed by atoms with Crippen LogP contribution in [-0.2, 0) is 19.9 Å². The van der Waals surface area contributed by atoms with Gasteiger partial charge in [-0.3, -0.25) is 10.1 Å². The van der Waals surface area contributed by atoms with Crippen LogP contribution in [0, 0.1) is 5.82 Å². The fourth-order valence-electron chi connectivity index (χ4n) is 3.27. The summed E-state index contributed by atoms with van der Waals surface area (Å²) in [6.45, 7) is 1.89. The lowest BCUT2D eigenvalue weighted by atomic mass is 10.00. The van der Waals surface area contributed by atoms with Crippen molar-refractivity contribution < 1.29 is 9.18 Å². The Bertz CT molecular complexity index is 970. The maximum absolute atomic E-state index is 13.4. The number of fused-ring (bicyclic) bond motifs is 2. The molecule has 0 unspecified atom stereocenters. The molecule has 3 aromatic rings. The predicted octanol–water partition coefficient (Wildman–Crippen LogP) is 3.07. The summed E-state index contributed by atoms with van der Waals surface area (Å²) in [6.07, 6.45) is 1.90. The summed E-state index contributed by atoms with van der Waals surface area (Å²) in [5, 5.41) is 6.20. The first-order valence-corrected chi connectivity index (χ1v) is 8.38. The van der Waals surface area contributed by atoms with Gasteiger partial charge in [0.15, 0.2) is 0 Å². The van der Waals surface area contributed by atoms with E-state index in [4.69, 9.17) is 0 Å². The van der Waals surface area contributed by atoms with Crippen LogP contribution in [-0.4, -0.2) is 28.5 Å². The molecule has 2 aromatic carbocycles. The molecule has 0 aliphatic carbocycles. The lowest BCUT2D eigenvalue weighted by Crippen LogP contribution is -2.16. The molecule has 0 fully saturated rings. The number of aromatic nitrogens is 2. The maximum Gasteiger partial charge on any atom is 0.257 e. The first-order chi connectivity index (χ1) is 12.1. The number of carbonyl (C=O) groups is 1. The number of carbonyl (C=O) groups excluding carboxylic acids is 1. The summed E-state index contributed by atoms with van der Waals surface area (Å²) in [4.78, 5) is 16.9. The number of imidazole rings is 1. The zero-order valence-corrected chi connectivity index (χ0v) is 15.2. The molecule has 0 saturated carbocycles. The van der Waals surface area contributed by atoms with E-state index < -0.39 is 0 Å². The Balaban J connectivity index is 0.00000196. The van der Waals surface area contributed by atoms with Crippen molar-refractivity contribution in [3.05, 3.63) is 58.9 Å². The quantitative estimate of drug-likeness (QED) is 0.724. The minimum Gasteiger partial charge on any atom is -0.316 e. The smallest absolute Gasteiger partial charge is 0.257 e. The van der Waals surface area contributed by atoms with Crippen LogP contribution in [0.2, 0.25) is 0 Å². The first-order valence-electron chi connectivity index (χ1n) is 8.38. The average molecular weight is 375 g/mol. The Kier molecular flexibility index (Phi) is 5.25. The fraction of sp³-hybridized carbons (Fsp3) is 0.263. The monoisotopic (exact) mass is 374 g/mol. The van der Waals surface area contributed by atoms with Crippen molar-refractivity contribution in [2.45, 2.75) is 12.8 Å². The Morgan fingerprint density at radius 2 is 1.92 bits per heavy atom. The van der Waals surface area contributed by atoms with Crippen molar-refractivity contribution in [1.29, 1.82) is 0 Å². The molecule has 0 radical (unpaired) electrons. The van der Waals surface area contributed by atoms with Gasteiger partial charge in [-0.25, -0.2) is 9.37 Å². The van der Waals surface area contributed by atoms with E-state index in [9.17, 15) is 9.18 Å². The molecule has 4 rings (SSSR count). The van der Waals surface area contributed by atoms with Crippen molar-refractivity contribution in [1.82, 2.24) is 14.9 Å². The number of nitrogens with zero attached hydrogens (tertiary/aromatic N) is 2. The van der Waals surface area contributed by atoms with E-state index in [2.05, 4.69) is 15.6 Å². The largest absolute Gasteiger partial charge is 0.316 e. The molecule has 2 N–H and O–H groups in total. The van der Waals surface area contributed by atoms with Gasteiger partial charge < -0.3 is 9.88 Å². The SMILES string of the molecule is Cl.Cn1c(NC(=O)c2ccc3c(c2)CCNCC3)nc2cc(F)ccc21. The van der Waals surface area contributed by atoms with Gasteiger partial charge in [-0.2, -0.15) is 0 Å². The van der Waals surface area contributed by atoms with Crippen LogP contribution in [0.1, 0.15) is 21.5 Å². The van der Waals surface area contributed by atoms with Gasteiger partial charge in [-0.1, -0.05) is 6.07 Å².